The van der Waals surface area contributed by atoms with E-state index in [-0.39, 0.29) is 12.1 Å². The van der Waals surface area contributed by atoms with Crippen molar-refractivity contribution in [2.45, 2.75) is 26.3 Å². The Morgan fingerprint density at radius 3 is 3.15 bits per heavy atom. The first-order chi connectivity index (χ1) is 9.60. The van der Waals surface area contributed by atoms with Crippen LogP contribution in [0.5, 0.6) is 0 Å². The maximum absolute atomic E-state index is 12.2. The van der Waals surface area contributed by atoms with Crippen molar-refractivity contribution in [3.05, 3.63) is 18.0 Å². The molecular weight excluding hydrogens is 254 g/mol. The first-order valence-electron chi connectivity index (χ1n) is 7.32. The van der Waals surface area contributed by atoms with Crippen LogP contribution in [0.3, 0.4) is 0 Å². The summed E-state index contributed by atoms with van der Waals surface area (Å²) < 4.78 is 0. The summed E-state index contributed by atoms with van der Waals surface area (Å²) in [5.41, 5.74) is 1.000. The number of H-pyrrole nitrogens is 1. The van der Waals surface area contributed by atoms with Gasteiger partial charge >= 0.3 is 6.03 Å². The largest absolute Gasteiger partial charge is 0.331 e. The van der Waals surface area contributed by atoms with Crippen molar-refractivity contribution in [1.82, 2.24) is 25.3 Å². The Kier molecular flexibility index (Phi) is 5.00. The molecule has 0 aromatic carbocycles. The molecule has 2 rings (SSSR count). The molecule has 2 amide bonds. The Bertz CT molecular complexity index is 419. The van der Waals surface area contributed by atoms with Crippen LogP contribution in [0, 0.1) is 5.92 Å². The molecule has 0 spiro atoms. The third-order valence-corrected chi connectivity index (χ3v) is 4.04. The number of likely N-dealkylation sites (tertiary alicyclic amines) is 1. The normalized spacial score (nSPS) is 20.4. The van der Waals surface area contributed by atoms with Crippen LogP contribution in [0.1, 0.15) is 31.9 Å². The maximum atomic E-state index is 12.2. The van der Waals surface area contributed by atoms with E-state index in [1.807, 2.05) is 18.0 Å². The number of hydrogen-bond donors (Lipinski definition) is 2. The minimum atomic E-state index is -0.0152. The van der Waals surface area contributed by atoms with Crippen molar-refractivity contribution >= 4 is 6.03 Å². The fraction of sp³-hybridized carbons (Fsp3) is 0.714. The van der Waals surface area contributed by atoms with E-state index in [4.69, 9.17) is 0 Å². The number of aromatic amines is 1. The summed E-state index contributed by atoms with van der Waals surface area (Å²) in [5.74, 6) is 0.593. The number of nitrogens with one attached hydrogen (secondary N) is 2. The molecule has 2 N–H and O–H groups in total. The van der Waals surface area contributed by atoms with Crippen LogP contribution in [0.2, 0.25) is 0 Å². The number of carbonyl (C=O) groups is 1. The van der Waals surface area contributed by atoms with Crippen molar-refractivity contribution in [2.24, 2.45) is 5.92 Å². The van der Waals surface area contributed by atoms with E-state index >= 15 is 0 Å². The lowest BCUT2D eigenvalue weighted by Gasteiger charge is -2.22. The van der Waals surface area contributed by atoms with Gasteiger partial charge in [0, 0.05) is 31.4 Å². The van der Waals surface area contributed by atoms with Gasteiger partial charge in [-0.05, 0) is 32.9 Å². The van der Waals surface area contributed by atoms with E-state index in [1.54, 1.807) is 6.20 Å². The zero-order valence-electron chi connectivity index (χ0n) is 12.6. The second-order valence-electron chi connectivity index (χ2n) is 5.66. The molecule has 1 saturated heterocycles. The van der Waals surface area contributed by atoms with Gasteiger partial charge in [-0.2, -0.15) is 5.10 Å². The Labute approximate surface area is 120 Å². The lowest BCUT2D eigenvalue weighted by atomic mass is 10.1. The van der Waals surface area contributed by atoms with Gasteiger partial charge in [0.15, 0.2) is 0 Å². The predicted octanol–water partition coefficient (Wildman–Crippen LogP) is 1.45. The van der Waals surface area contributed by atoms with Gasteiger partial charge in [-0.3, -0.25) is 5.10 Å². The Balaban J connectivity index is 1.79. The van der Waals surface area contributed by atoms with Gasteiger partial charge in [-0.25, -0.2) is 4.79 Å². The van der Waals surface area contributed by atoms with Crippen molar-refractivity contribution < 1.29 is 4.79 Å². The van der Waals surface area contributed by atoms with Crippen LogP contribution in [0.25, 0.3) is 0 Å². The van der Waals surface area contributed by atoms with Crippen LogP contribution >= 0.6 is 0 Å². The van der Waals surface area contributed by atoms with E-state index < -0.39 is 0 Å². The highest BCUT2D eigenvalue weighted by Gasteiger charge is 2.27. The predicted molar refractivity (Wildman–Crippen MR) is 78.4 cm³/mol. The molecule has 1 aromatic rings. The third kappa shape index (κ3) is 3.72. The number of hydrogen-bond acceptors (Lipinski definition) is 3. The summed E-state index contributed by atoms with van der Waals surface area (Å²) >= 11 is 0. The number of amides is 2. The monoisotopic (exact) mass is 279 g/mol. The van der Waals surface area contributed by atoms with Crippen LogP contribution in [-0.4, -0.2) is 59.3 Å². The highest BCUT2D eigenvalue weighted by Crippen LogP contribution is 2.18. The highest BCUT2D eigenvalue weighted by atomic mass is 16.2. The second kappa shape index (κ2) is 6.74. The molecule has 112 valence electrons. The zero-order chi connectivity index (χ0) is 14.5. The van der Waals surface area contributed by atoms with Gasteiger partial charge in [-0.15, -0.1) is 0 Å². The number of carbonyl (C=O) groups excluding carboxylic acids is 1. The van der Waals surface area contributed by atoms with Gasteiger partial charge < -0.3 is 15.1 Å². The molecule has 6 nitrogen and oxygen atoms in total. The molecule has 2 unspecified atom stereocenters. The number of rotatable bonds is 5. The van der Waals surface area contributed by atoms with Gasteiger partial charge in [0.05, 0.1) is 12.2 Å². The summed E-state index contributed by atoms with van der Waals surface area (Å²) in [5, 5.41) is 9.70. The third-order valence-electron chi connectivity index (χ3n) is 4.04. The molecule has 1 aliphatic heterocycles. The fourth-order valence-electron chi connectivity index (χ4n) is 2.59. The van der Waals surface area contributed by atoms with Crippen LogP contribution in [0.15, 0.2) is 12.4 Å². The SMILES string of the molecule is CCN(C)CC1CCN(C(=O)NC(C)c2cn[nH]c2)C1. The number of urea groups is 1. The van der Waals surface area contributed by atoms with E-state index in [0.29, 0.717) is 5.92 Å². The molecule has 0 aliphatic carbocycles. The minimum Gasteiger partial charge on any atom is -0.331 e. The van der Waals surface area contributed by atoms with Crippen LogP contribution in [0.4, 0.5) is 4.79 Å². The number of nitrogens with zero attached hydrogens (tertiary/aromatic N) is 3. The smallest absolute Gasteiger partial charge is 0.317 e. The average molecular weight is 279 g/mol. The van der Waals surface area contributed by atoms with Gasteiger partial charge in [0.1, 0.15) is 0 Å². The first kappa shape index (κ1) is 14.8. The molecule has 20 heavy (non-hydrogen) atoms. The van der Waals surface area contributed by atoms with Gasteiger partial charge in [-0.1, -0.05) is 6.92 Å². The van der Waals surface area contributed by atoms with E-state index in [2.05, 4.69) is 34.4 Å². The summed E-state index contributed by atoms with van der Waals surface area (Å²) in [7, 11) is 2.13. The number of aromatic nitrogens is 2. The molecular formula is C14H25N5O. The average Bonchev–Trinajstić information content (AvgIpc) is 3.09. The van der Waals surface area contributed by atoms with Gasteiger partial charge in [0.25, 0.3) is 0 Å². The zero-order valence-corrected chi connectivity index (χ0v) is 12.6. The van der Waals surface area contributed by atoms with Crippen LogP contribution in [-0.2, 0) is 0 Å². The van der Waals surface area contributed by atoms with E-state index in [1.165, 1.54) is 0 Å². The Hall–Kier alpha value is -1.56. The molecule has 2 atom stereocenters. The van der Waals surface area contributed by atoms with Gasteiger partial charge in [0.2, 0.25) is 0 Å². The first-order valence-corrected chi connectivity index (χ1v) is 7.32. The topological polar surface area (TPSA) is 64.3 Å². The Morgan fingerprint density at radius 2 is 2.50 bits per heavy atom. The standard InChI is InChI=1S/C14H25N5O/c1-4-18(3)9-12-5-6-19(10-12)14(20)17-11(2)13-7-15-16-8-13/h7-8,11-12H,4-6,9-10H2,1-3H3,(H,15,16)(H,17,20). The molecule has 0 radical (unpaired) electrons. The quantitative estimate of drug-likeness (QED) is 0.857. The van der Waals surface area contributed by atoms with Crippen molar-refractivity contribution in [1.29, 1.82) is 0 Å². The van der Waals surface area contributed by atoms with Crippen molar-refractivity contribution in [3.8, 4) is 0 Å². The Morgan fingerprint density at radius 1 is 1.70 bits per heavy atom. The highest BCUT2D eigenvalue weighted by molar-refractivity contribution is 5.75. The fourth-order valence-corrected chi connectivity index (χ4v) is 2.59. The molecule has 1 aromatic heterocycles. The summed E-state index contributed by atoms with van der Waals surface area (Å²) in [6.45, 7) is 7.96. The maximum Gasteiger partial charge on any atom is 0.317 e. The summed E-state index contributed by atoms with van der Waals surface area (Å²) in [4.78, 5) is 16.4. The van der Waals surface area contributed by atoms with E-state index in [9.17, 15) is 4.79 Å². The summed E-state index contributed by atoms with van der Waals surface area (Å²) in [6, 6.07) is 0.0129. The molecule has 1 fully saturated rings. The van der Waals surface area contributed by atoms with Crippen molar-refractivity contribution in [2.75, 3.05) is 33.2 Å². The molecule has 2 heterocycles. The minimum absolute atomic E-state index is 0.0152. The van der Waals surface area contributed by atoms with Crippen molar-refractivity contribution in [3.63, 3.8) is 0 Å². The second-order valence-corrected chi connectivity index (χ2v) is 5.66. The lowest BCUT2D eigenvalue weighted by Crippen LogP contribution is -2.40. The van der Waals surface area contributed by atoms with Crippen LogP contribution < -0.4 is 5.32 Å². The molecule has 6 heteroatoms. The lowest BCUT2D eigenvalue weighted by molar-refractivity contribution is 0.201. The molecule has 0 bridgehead atoms. The van der Waals surface area contributed by atoms with E-state index in [0.717, 1.165) is 38.2 Å². The summed E-state index contributed by atoms with van der Waals surface area (Å²) in [6.07, 6.45) is 4.65. The molecule has 0 saturated carbocycles. The molecule has 1 aliphatic rings.